The Bertz CT molecular complexity index is 358. The zero-order valence-corrected chi connectivity index (χ0v) is 10.7. The van der Waals surface area contributed by atoms with Crippen molar-refractivity contribution in [2.75, 3.05) is 0 Å². The zero-order chi connectivity index (χ0) is 12.5. The van der Waals surface area contributed by atoms with Gasteiger partial charge in [0, 0.05) is 0 Å². The van der Waals surface area contributed by atoms with Crippen molar-refractivity contribution >= 4 is 5.97 Å². The van der Waals surface area contributed by atoms with Crippen LogP contribution in [-0.4, -0.2) is 21.8 Å². The predicted octanol–water partition coefficient (Wildman–Crippen LogP) is 2.43. The Morgan fingerprint density at radius 3 is 2.12 bits per heavy atom. The van der Waals surface area contributed by atoms with Gasteiger partial charge in [0.25, 0.3) is 0 Å². The molecule has 4 aliphatic carbocycles. The van der Waals surface area contributed by atoms with Gasteiger partial charge in [0.15, 0.2) is 0 Å². The summed E-state index contributed by atoms with van der Waals surface area (Å²) in [6.07, 6.45) is 5.73. The van der Waals surface area contributed by atoms with Gasteiger partial charge in [-0.2, -0.15) is 0 Å². The van der Waals surface area contributed by atoms with Crippen molar-refractivity contribution in [3.05, 3.63) is 0 Å². The third-order valence-corrected chi connectivity index (χ3v) is 5.89. The van der Waals surface area contributed by atoms with Gasteiger partial charge in [-0.1, -0.05) is 0 Å². The van der Waals surface area contributed by atoms with Crippen LogP contribution in [0.4, 0.5) is 0 Å². The van der Waals surface area contributed by atoms with E-state index in [9.17, 15) is 15.0 Å². The maximum absolute atomic E-state index is 11.6. The Balaban J connectivity index is 2.01. The monoisotopic (exact) mass is 238 g/mol. The summed E-state index contributed by atoms with van der Waals surface area (Å²) >= 11 is 0. The first-order valence-electron chi connectivity index (χ1n) is 6.72. The third-order valence-electron chi connectivity index (χ3n) is 5.89. The Hall–Kier alpha value is -0.570. The highest BCUT2D eigenvalue weighted by Crippen LogP contribution is 2.67. The smallest absolute Gasteiger partial charge is 0.309 e. The fourth-order valence-electron chi connectivity index (χ4n) is 5.17. The summed E-state index contributed by atoms with van der Waals surface area (Å²) in [6.45, 7) is 3.71. The van der Waals surface area contributed by atoms with E-state index in [1.54, 1.807) is 0 Å². The van der Waals surface area contributed by atoms with Crippen molar-refractivity contribution in [2.45, 2.75) is 58.0 Å². The van der Waals surface area contributed by atoms with Gasteiger partial charge in [-0.15, -0.1) is 0 Å². The first-order chi connectivity index (χ1) is 7.76. The number of aliphatic hydroxyl groups is 1. The van der Waals surface area contributed by atoms with E-state index in [1.165, 1.54) is 6.42 Å². The van der Waals surface area contributed by atoms with Gasteiger partial charge in [-0.3, -0.25) is 4.79 Å². The Labute approximate surface area is 102 Å². The van der Waals surface area contributed by atoms with Gasteiger partial charge < -0.3 is 10.2 Å². The predicted molar refractivity (Wildman–Crippen MR) is 63.5 cm³/mol. The molecule has 2 unspecified atom stereocenters. The molecule has 2 atom stereocenters. The Kier molecular flexibility index (Phi) is 2.07. The quantitative estimate of drug-likeness (QED) is 0.776. The van der Waals surface area contributed by atoms with E-state index in [0.717, 1.165) is 25.7 Å². The molecule has 4 aliphatic rings. The highest BCUT2D eigenvalue weighted by Gasteiger charge is 2.63. The summed E-state index contributed by atoms with van der Waals surface area (Å²) < 4.78 is 0. The van der Waals surface area contributed by atoms with Gasteiger partial charge >= 0.3 is 5.97 Å². The minimum atomic E-state index is -0.710. The summed E-state index contributed by atoms with van der Waals surface area (Å²) in [7, 11) is 0. The minimum Gasteiger partial charge on any atom is -0.481 e. The maximum atomic E-state index is 11.6. The zero-order valence-electron chi connectivity index (χ0n) is 10.7. The third kappa shape index (κ3) is 1.41. The first kappa shape index (κ1) is 11.5. The molecule has 0 radical (unpaired) electrons. The number of rotatable bonds is 2. The molecule has 0 heterocycles. The summed E-state index contributed by atoms with van der Waals surface area (Å²) in [5, 5.41) is 20.1. The fourth-order valence-corrected chi connectivity index (χ4v) is 5.17. The molecule has 3 heteroatoms. The normalized spacial score (nSPS) is 48.4. The molecule has 0 aliphatic heterocycles. The van der Waals surface area contributed by atoms with Gasteiger partial charge in [-0.05, 0) is 69.6 Å². The van der Waals surface area contributed by atoms with Crippen LogP contribution in [0.25, 0.3) is 0 Å². The van der Waals surface area contributed by atoms with Crippen LogP contribution < -0.4 is 0 Å². The van der Waals surface area contributed by atoms with Crippen molar-refractivity contribution in [1.29, 1.82) is 0 Å². The molecule has 0 aromatic rings. The largest absolute Gasteiger partial charge is 0.481 e. The topological polar surface area (TPSA) is 57.5 Å². The lowest BCUT2D eigenvalue weighted by molar-refractivity contribution is -0.207. The van der Waals surface area contributed by atoms with Crippen LogP contribution in [0, 0.1) is 22.7 Å². The summed E-state index contributed by atoms with van der Waals surface area (Å²) in [4.78, 5) is 11.6. The second kappa shape index (κ2) is 3.05. The minimum absolute atomic E-state index is 0.169. The first-order valence-corrected chi connectivity index (χ1v) is 6.72. The van der Waals surface area contributed by atoms with E-state index in [-0.39, 0.29) is 5.41 Å². The fraction of sp³-hybridized carbons (Fsp3) is 0.929. The lowest BCUT2D eigenvalue weighted by Crippen LogP contribution is -2.61. The number of hydrogen-bond donors (Lipinski definition) is 2. The van der Waals surface area contributed by atoms with E-state index in [4.69, 9.17) is 0 Å². The van der Waals surface area contributed by atoms with E-state index >= 15 is 0 Å². The van der Waals surface area contributed by atoms with Crippen molar-refractivity contribution in [2.24, 2.45) is 22.7 Å². The van der Waals surface area contributed by atoms with Crippen LogP contribution in [-0.2, 0) is 4.79 Å². The number of hydrogen-bond acceptors (Lipinski definition) is 2. The second-order valence-corrected chi connectivity index (χ2v) is 7.40. The number of aliphatic carboxylic acids is 1. The van der Waals surface area contributed by atoms with Crippen LogP contribution in [0.3, 0.4) is 0 Å². The summed E-state index contributed by atoms with van der Waals surface area (Å²) in [5.41, 5.74) is -1.44. The van der Waals surface area contributed by atoms with Crippen molar-refractivity contribution in [3.8, 4) is 0 Å². The Morgan fingerprint density at radius 1 is 1.18 bits per heavy atom. The Morgan fingerprint density at radius 2 is 1.71 bits per heavy atom. The highest BCUT2D eigenvalue weighted by atomic mass is 16.4. The number of carboxylic acids is 1. The average Bonchev–Trinajstić information content (AvgIpc) is 2.12. The average molecular weight is 238 g/mol. The van der Waals surface area contributed by atoms with Gasteiger partial charge in [0.05, 0.1) is 11.0 Å². The van der Waals surface area contributed by atoms with Crippen LogP contribution in [0.15, 0.2) is 0 Å². The van der Waals surface area contributed by atoms with Gasteiger partial charge in [0.2, 0.25) is 0 Å². The van der Waals surface area contributed by atoms with E-state index < -0.39 is 17.0 Å². The molecule has 4 bridgehead atoms. The molecule has 0 spiro atoms. The molecule has 2 N–H and O–H groups in total. The summed E-state index contributed by atoms with van der Waals surface area (Å²) in [6, 6.07) is 0. The molecular weight excluding hydrogens is 216 g/mol. The molecular formula is C14H22O3. The van der Waals surface area contributed by atoms with Crippen LogP contribution in [0.5, 0.6) is 0 Å². The molecule has 4 saturated carbocycles. The highest BCUT2D eigenvalue weighted by molar-refractivity contribution is 5.75. The molecule has 96 valence electrons. The molecule has 0 saturated heterocycles. The van der Waals surface area contributed by atoms with Crippen molar-refractivity contribution < 1.29 is 15.0 Å². The van der Waals surface area contributed by atoms with E-state index in [0.29, 0.717) is 18.3 Å². The lowest BCUT2D eigenvalue weighted by atomic mass is 9.42. The van der Waals surface area contributed by atoms with Crippen LogP contribution >= 0.6 is 0 Å². The molecule has 0 amide bonds. The molecule has 4 rings (SSSR count). The standard InChI is InChI=1S/C14H22O3/c1-12(2,11(15)16)13-4-9-3-10(5-13)7-14(17,6-9)8-13/h9-10,17H,3-8H2,1-2H3,(H,15,16). The molecule has 17 heavy (non-hydrogen) atoms. The van der Waals surface area contributed by atoms with Crippen LogP contribution in [0.2, 0.25) is 0 Å². The number of carbonyl (C=O) groups is 1. The molecule has 0 aromatic carbocycles. The molecule has 3 nitrogen and oxygen atoms in total. The van der Waals surface area contributed by atoms with Crippen LogP contribution in [0.1, 0.15) is 52.4 Å². The maximum Gasteiger partial charge on any atom is 0.309 e. The van der Waals surface area contributed by atoms with Crippen molar-refractivity contribution in [3.63, 3.8) is 0 Å². The van der Waals surface area contributed by atoms with Gasteiger partial charge in [0.1, 0.15) is 0 Å². The second-order valence-electron chi connectivity index (χ2n) is 7.40. The lowest BCUT2D eigenvalue weighted by Gasteiger charge is -2.64. The molecule has 4 fully saturated rings. The molecule has 0 aromatic heterocycles. The van der Waals surface area contributed by atoms with E-state index in [1.807, 2.05) is 13.8 Å². The summed E-state index contributed by atoms with van der Waals surface area (Å²) in [5.74, 6) is 0.405. The SMILES string of the molecule is CC(C)(C(=O)O)C12CC3CC(CC(O)(C3)C1)C2. The number of carboxylic acid groups (broad SMARTS) is 1. The van der Waals surface area contributed by atoms with Gasteiger partial charge in [-0.25, -0.2) is 0 Å². The van der Waals surface area contributed by atoms with E-state index in [2.05, 4.69) is 0 Å². The van der Waals surface area contributed by atoms with Crippen molar-refractivity contribution in [1.82, 2.24) is 0 Å².